The van der Waals surface area contributed by atoms with Crippen LogP contribution in [0.1, 0.15) is 30.7 Å². The van der Waals surface area contributed by atoms with Crippen molar-refractivity contribution in [3.05, 3.63) is 47.3 Å². The average Bonchev–Trinajstić information content (AvgIpc) is 2.30. The summed E-state index contributed by atoms with van der Waals surface area (Å²) in [6.45, 7) is 0. The second kappa shape index (κ2) is 4.47. The zero-order valence-electron chi connectivity index (χ0n) is 8.82. The molecule has 0 saturated heterocycles. The number of carboxylic acids is 1. The normalized spacial score (nSPS) is 20.3. The van der Waals surface area contributed by atoms with E-state index in [1.165, 1.54) is 6.07 Å². The van der Waals surface area contributed by atoms with Gasteiger partial charge in [0, 0.05) is 5.57 Å². The Bertz CT molecular complexity index is 437. The van der Waals surface area contributed by atoms with Crippen LogP contribution in [-0.4, -0.2) is 11.1 Å². The molecule has 1 unspecified atom stereocenters. The fourth-order valence-electron chi connectivity index (χ4n) is 2.12. The van der Waals surface area contributed by atoms with Gasteiger partial charge in [-0.25, -0.2) is 9.18 Å². The van der Waals surface area contributed by atoms with E-state index in [9.17, 15) is 9.18 Å². The lowest BCUT2D eigenvalue weighted by Gasteiger charge is -2.20. The SMILES string of the molecule is O=C(O)C1=CCC(c2ccccc2F)CC1. The van der Waals surface area contributed by atoms with E-state index in [0.717, 1.165) is 0 Å². The standard InChI is InChI=1S/C13H13FO2/c14-12-4-2-1-3-11(12)9-5-7-10(8-6-9)13(15)16/h1-4,7,9H,5-6,8H2,(H,15,16). The minimum Gasteiger partial charge on any atom is -0.478 e. The van der Waals surface area contributed by atoms with Crippen molar-refractivity contribution < 1.29 is 14.3 Å². The lowest BCUT2D eigenvalue weighted by Crippen LogP contribution is -2.10. The Morgan fingerprint density at radius 3 is 2.69 bits per heavy atom. The highest BCUT2D eigenvalue weighted by atomic mass is 19.1. The van der Waals surface area contributed by atoms with Gasteiger partial charge in [0.2, 0.25) is 0 Å². The van der Waals surface area contributed by atoms with Gasteiger partial charge >= 0.3 is 5.97 Å². The minimum atomic E-state index is -0.855. The Morgan fingerprint density at radius 1 is 1.38 bits per heavy atom. The van der Waals surface area contributed by atoms with Gasteiger partial charge in [0.25, 0.3) is 0 Å². The molecule has 2 rings (SSSR count). The molecule has 1 aromatic carbocycles. The molecule has 0 fully saturated rings. The predicted molar refractivity (Wildman–Crippen MR) is 58.7 cm³/mol. The summed E-state index contributed by atoms with van der Waals surface area (Å²) in [4.78, 5) is 10.7. The monoisotopic (exact) mass is 220 g/mol. The van der Waals surface area contributed by atoms with Crippen molar-refractivity contribution in [3.8, 4) is 0 Å². The lowest BCUT2D eigenvalue weighted by atomic mass is 9.84. The zero-order chi connectivity index (χ0) is 11.5. The maximum atomic E-state index is 13.5. The van der Waals surface area contributed by atoms with Crippen LogP contribution >= 0.6 is 0 Å². The molecule has 0 bridgehead atoms. The number of carbonyl (C=O) groups is 1. The second-order valence-electron chi connectivity index (χ2n) is 4.03. The number of halogens is 1. The zero-order valence-corrected chi connectivity index (χ0v) is 8.82. The van der Waals surface area contributed by atoms with Crippen molar-refractivity contribution >= 4 is 5.97 Å². The molecule has 84 valence electrons. The third kappa shape index (κ3) is 2.13. The third-order valence-electron chi connectivity index (χ3n) is 3.03. The molecule has 1 N–H and O–H groups in total. The summed E-state index contributed by atoms with van der Waals surface area (Å²) in [5.74, 6) is -0.934. The average molecular weight is 220 g/mol. The Hall–Kier alpha value is -1.64. The van der Waals surface area contributed by atoms with Gasteiger partial charge in [-0.2, -0.15) is 0 Å². The van der Waals surface area contributed by atoms with Crippen LogP contribution in [0.2, 0.25) is 0 Å². The van der Waals surface area contributed by atoms with Crippen LogP contribution in [0.15, 0.2) is 35.9 Å². The van der Waals surface area contributed by atoms with Crippen molar-refractivity contribution in [2.24, 2.45) is 0 Å². The number of rotatable bonds is 2. The molecule has 1 aliphatic rings. The number of hydrogen-bond donors (Lipinski definition) is 1. The Morgan fingerprint density at radius 2 is 2.12 bits per heavy atom. The quantitative estimate of drug-likeness (QED) is 0.831. The fraction of sp³-hybridized carbons (Fsp3) is 0.308. The van der Waals surface area contributed by atoms with Gasteiger partial charge < -0.3 is 5.11 Å². The van der Waals surface area contributed by atoms with E-state index in [1.54, 1.807) is 18.2 Å². The molecule has 0 saturated carbocycles. The summed E-state index contributed by atoms with van der Waals surface area (Å²) in [5, 5.41) is 8.81. The highest BCUT2D eigenvalue weighted by Gasteiger charge is 2.21. The topological polar surface area (TPSA) is 37.3 Å². The summed E-state index contributed by atoms with van der Waals surface area (Å²) in [5.41, 5.74) is 1.15. The first-order valence-corrected chi connectivity index (χ1v) is 5.35. The summed E-state index contributed by atoms with van der Waals surface area (Å²) >= 11 is 0. The van der Waals surface area contributed by atoms with E-state index in [0.29, 0.717) is 30.4 Å². The minimum absolute atomic E-state index is 0.115. The molecular formula is C13H13FO2. The van der Waals surface area contributed by atoms with Gasteiger partial charge in [-0.05, 0) is 36.8 Å². The molecule has 0 aliphatic heterocycles. The highest BCUT2D eigenvalue weighted by Crippen LogP contribution is 2.33. The van der Waals surface area contributed by atoms with E-state index in [2.05, 4.69) is 0 Å². The Balaban J connectivity index is 2.16. The number of aliphatic carboxylic acids is 1. The summed E-state index contributed by atoms with van der Waals surface area (Å²) in [7, 11) is 0. The van der Waals surface area contributed by atoms with Gasteiger partial charge in [0.1, 0.15) is 5.82 Å². The van der Waals surface area contributed by atoms with Crippen LogP contribution in [0.4, 0.5) is 4.39 Å². The molecule has 0 amide bonds. The van der Waals surface area contributed by atoms with E-state index < -0.39 is 5.97 Å². The lowest BCUT2D eigenvalue weighted by molar-refractivity contribution is -0.132. The van der Waals surface area contributed by atoms with Gasteiger partial charge in [-0.1, -0.05) is 24.3 Å². The molecule has 3 heteroatoms. The Kier molecular flexibility index (Phi) is 3.04. The van der Waals surface area contributed by atoms with E-state index in [1.807, 2.05) is 6.07 Å². The maximum absolute atomic E-state index is 13.5. The molecule has 0 heterocycles. The van der Waals surface area contributed by atoms with E-state index in [-0.39, 0.29) is 11.7 Å². The number of benzene rings is 1. The Labute approximate surface area is 93.4 Å². The van der Waals surface area contributed by atoms with E-state index in [4.69, 9.17) is 5.11 Å². The first kappa shape index (κ1) is 10.9. The molecular weight excluding hydrogens is 207 g/mol. The molecule has 0 spiro atoms. The first-order valence-electron chi connectivity index (χ1n) is 5.35. The fourth-order valence-corrected chi connectivity index (χ4v) is 2.12. The summed E-state index contributed by atoms with van der Waals surface area (Å²) < 4.78 is 13.5. The van der Waals surface area contributed by atoms with Gasteiger partial charge in [0.15, 0.2) is 0 Å². The largest absolute Gasteiger partial charge is 0.478 e. The summed E-state index contributed by atoms with van der Waals surface area (Å²) in [6.07, 6.45) is 3.55. The van der Waals surface area contributed by atoms with Crippen LogP contribution in [0, 0.1) is 5.82 Å². The number of hydrogen-bond acceptors (Lipinski definition) is 1. The molecule has 16 heavy (non-hydrogen) atoms. The summed E-state index contributed by atoms with van der Waals surface area (Å²) in [6, 6.07) is 6.71. The molecule has 2 nitrogen and oxygen atoms in total. The molecule has 0 radical (unpaired) electrons. The van der Waals surface area contributed by atoms with Crippen LogP contribution < -0.4 is 0 Å². The highest BCUT2D eigenvalue weighted by molar-refractivity contribution is 5.86. The number of carboxylic acid groups (broad SMARTS) is 1. The molecule has 1 aliphatic carbocycles. The van der Waals surface area contributed by atoms with Crippen LogP contribution in [0.25, 0.3) is 0 Å². The smallest absolute Gasteiger partial charge is 0.331 e. The molecule has 0 aromatic heterocycles. The second-order valence-corrected chi connectivity index (χ2v) is 4.03. The van der Waals surface area contributed by atoms with Gasteiger partial charge in [0.05, 0.1) is 0 Å². The molecule has 1 aromatic rings. The van der Waals surface area contributed by atoms with Crippen molar-refractivity contribution in [2.75, 3.05) is 0 Å². The van der Waals surface area contributed by atoms with Crippen LogP contribution in [0.5, 0.6) is 0 Å². The molecule has 1 atom stereocenters. The third-order valence-corrected chi connectivity index (χ3v) is 3.03. The van der Waals surface area contributed by atoms with Crippen molar-refractivity contribution in [1.82, 2.24) is 0 Å². The van der Waals surface area contributed by atoms with Crippen molar-refractivity contribution in [3.63, 3.8) is 0 Å². The first-order chi connectivity index (χ1) is 7.68. The van der Waals surface area contributed by atoms with Crippen LogP contribution in [-0.2, 0) is 4.79 Å². The van der Waals surface area contributed by atoms with Gasteiger partial charge in [-0.15, -0.1) is 0 Å². The van der Waals surface area contributed by atoms with E-state index >= 15 is 0 Å². The predicted octanol–water partition coefficient (Wildman–Crippen LogP) is 3.10. The number of allylic oxidation sites excluding steroid dienone is 1. The maximum Gasteiger partial charge on any atom is 0.331 e. The van der Waals surface area contributed by atoms with Gasteiger partial charge in [-0.3, -0.25) is 0 Å². The van der Waals surface area contributed by atoms with Crippen molar-refractivity contribution in [2.45, 2.75) is 25.2 Å². The van der Waals surface area contributed by atoms with Crippen molar-refractivity contribution in [1.29, 1.82) is 0 Å². The van der Waals surface area contributed by atoms with Crippen LogP contribution in [0.3, 0.4) is 0 Å².